The molecule has 0 amide bonds. The van der Waals surface area contributed by atoms with Crippen molar-refractivity contribution in [3.05, 3.63) is 35.1 Å². The van der Waals surface area contributed by atoms with Gasteiger partial charge in [-0.3, -0.25) is 9.59 Å². The van der Waals surface area contributed by atoms with Crippen LogP contribution in [-0.4, -0.2) is 16.9 Å². The first-order valence-corrected chi connectivity index (χ1v) is 4.34. The lowest BCUT2D eigenvalue weighted by Crippen LogP contribution is -2.17. The van der Waals surface area contributed by atoms with E-state index in [1.54, 1.807) is 0 Å². The summed E-state index contributed by atoms with van der Waals surface area (Å²) in [7, 11) is 0. The van der Waals surface area contributed by atoms with E-state index in [4.69, 9.17) is 5.11 Å². The summed E-state index contributed by atoms with van der Waals surface area (Å²) in [5.74, 6) is -4.47. The van der Waals surface area contributed by atoms with Crippen LogP contribution < -0.4 is 0 Å². The summed E-state index contributed by atoms with van der Waals surface area (Å²) in [6.45, 7) is 0. The maximum atomic E-state index is 13.0. The molecule has 0 fully saturated rings. The first-order chi connectivity index (χ1) is 7.73. The van der Waals surface area contributed by atoms with Crippen molar-refractivity contribution in [2.24, 2.45) is 0 Å². The molecule has 0 aliphatic carbocycles. The topological polar surface area (TPSA) is 54.4 Å². The molecule has 1 aromatic rings. The molecule has 0 saturated carbocycles. The highest BCUT2D eigenvalue weighted by Crippen LogP contribution is 2.34. The van der Waals surface area contributed by atoms with Gasteiger partial charge in [0.15, 0.2) is 5.78 Å². The maximum absolute atomic E-state index is 13.0. The summed E-state index contributed by atoms with van der Waals surface area (Å²) >= 11 is 0. The molecule has 0 spiro atoms. The minimum atomic E-state index is -5.05. The minimum Gasteiger partial charge on any atom is -0.481 e. The molecule has 17 heavy (non-hydrogen) atoms. The number of Topliss-reactive ketones (excluding diaryl/α,β-unsaturated/α-hetero) is 1. The van der Waals surface area contributed by atoms with Gasteiger partial charge in [-0.05, 0) is 6.07 Å². The second kappa shape index (κ2) is 4.52. The van der Waals surface area contributed by atoms with Crippen LogP contribution in [0, 0.1) is 5.82 Å². The van der Waals surface area contributed by atoms with Gasteiger partial charge in [-0.15, -0.1) is 0 Å². The van der Waals surface area contributed by atoms with Crippen molar-refractivity contribution >= 4 is 11.8 Å². The lowest BCUT2D eigenvalue weighted by molar-refractivity contribution is -0.141. The maximum Gasteiger partial charge on any atom is 0.419 e. The van der Waals surface area contributed by atoms with Gasteiger partial charge in [0.25, 0.3) is 0 Å². The third-order valence-corrected chi connectivity index (χ3v) is 1.91. The number of carbonyl (C=O) groups excluding carboxylic acids is 1. The van der Waals surface area contributed by atoms with E-state index in [2.05, 4.69) is 0 Å². The molecular formula is C10H6F4O3. The molecule has 92 valence electrons. The minimum absolute atomic E-state index is 0.556. The molecule has 1 N–H and O–H groups in total. The Kier molecular flexibility index (Phi) is 3.50. The molecule has 0 saturated heterocycles. The molecule has 1 aromatic carbocycles. The molecule has 0 unspecified atom stereocenters. The molecule has 0 aliphatic rings. The number of carbonyl (C=O) groups is 2. The molecule has 3 nitrogen and oxygen atoms in total. The SMILES string of the molecule is O=C(O)CC(=O)c1cccc(F)c1C(F)(F)F. The highest BCUT2D eigenvalue weighted by Gasteiger charge is 2.38. The fourth-order valence-electron chi connectivity index (χ4n) is 1.28. The van der Waals surface area contributed by atoms with Gasteiger partial charge in [0.2, 0.25) is 0 Å². The average molecular weight is 250 g/mol. The van der Waals surface area contributed by atoms with Gasteiger partial charge < -0.3 is 5.11 Å². The second-order valence-electron chi connectivity index (χ2n) is 3.15. The van der Waals surface area contributed by atoms with Gasteiger partial charge in [0.05, 0.1) is 0 Å². The summed E-state index contributed by atoms with van der Waals surface area (Å²) in [6, 6.07) is 2.22. The second-order valence-corrected chi connectivity index (χ2v) is 3.15. The zero-order chi connectivity index (χ0) is 13.2. The highest BCUT2D eigenvalue weighted by molar-refractivity contribution is 6.06. The number of halogens is 4. The van der Waals surface area contributed by atoms with Gasteiger partial charge in [-0.1, -0.05) is 12.1 Å². The van der Waals surface area contributed by atoms with E-state index in [0.29, 0.717) is 6.07 Å². The number of ketones is 1. The van der Waals surface area contributed by atoms with Crippen LogP contribution in [0.2, 0.25) is 0 Å². The van der Waals surface area contributed by atoms with E-state index in [9.17, 15) is 27.2 Å². The van der Waals surface area contributed by atoms with E-state index in [0.717, 1.165) is 12.1 Å². The van der Waals surface area contributed by atoms with Crippen LogP contribution >= 0.6 is 0 Å². The molecule has 0 atom stereocenters. The Hall–Kier alpha value is -1.92. The summed E-state index contributed by atoms with van der Waals surface area (Å²) in [6.07, 6.45) is -6.17. The number of alkyl halides is 3. The number of benzene rings is 1. The third kappa shape index (κ3) is 3.02. The first kappa shape index (κ1) is 13.1. The molecule has 0 heterocycles. The van der Waals surface area contributed by atoms with Crippen LogP contribution in [0.15, 0.2) is 18.2 Å². The fourth-order valence-corrected chi connectivity index (χ4v) is 1.28. The van der Waals surface area contributed by atoms with Gasteiger partial charge in [0.1, 0.15) is 17.8 Å². The highest BCUT2D eigenvalue weighted by atomic mass is 19.4. The lowest BCUT2D eigenvalue weighted by atomic mass is 10.0. The lowest BCUT2D eigenvalue weighted by Gasteiger charge is -2.12. The van der Waals surface area contributed by atoms with E-state index < -0.39 is 41.3 Å². The predicted octanol–water partition coefficient (Wildman–Crippen LogP) is 2.50. The number of carboxylic acid groups (broad SMARTS) is 1. The van der Waals surface area contributed by atoms with Crippen LogP contribution in [0.1, 0.15) is 22.3 Å². The quantitative estimate of drug-likeness (QED) is 0.509. The van der Waals surface area contributed by atoms with Crippen LogP contribution in [0.25, 0.3) is 0 Å². The summed E-state index contributed by atoms with van der Waals surface area (Å²) < 4.78 is 50.4. The normalized spacial score (nSPS) is 11.3. The van der Waals surface area contributed by atoms with Crippen molar-refractivity contribution in [3.8, 4) is 0 Å². The van der Waals surface area contributed by atoms with Crippen molar-refractivity contribution in [1.29, 1.82) is 0 Å². The molecule has 0 aliphatic heterocycles. The van der Waals surface area contributed by atoms with Crippen LogP contribution in [0.5, 0.6) is 0 Å². The number of rotatable bonds is 3. The zero-order valence-corrected chi connectivity index (χ0v) is 8.21. The molecule has 0 bridgehead atoms. The van der Waals surface area contributed by atoms with Gasteiger partial charge >= 0.3 is 12.1 Å². The molecule has 0 aromatic heterocycles. The van der Waals surface area contributed by atoms with Crippen molar-refractivity contribution in [2.75, 3.05) is 0 Å². The summed E-state index contributed by atoms with van der Waals surface area (Å²) in [4.78, 5) is 21.5. The first-order valence-electron chi connectivity index (χ1n) is 4.34. The Morgan fingerprint density at radius 2 is 1.82 bits per heavy atom. The van der Waals surface area contributed by atoms with Crippen molar-refractivity contribution in [3.63, 3.8) is 0 Å². The monoisotopic (exact) mass is 250 g/mol. The van der Waals surface area contributed by atoms with Gasteiger partial charge in [-0.25, -0.2) is 4.39 Å². The Bertz CT molecular complexity index is 465. The number of carboxylic acids is 1. The Balaban J connectivity index is 3.29. The third-order valence-electron chi connectivity index (χ3n) is 1.91. The number of hydrogen-bond acceptors (Lipinski definition) is 2. The Morgan fingerprint density at radius 1 is 1.24 bits per heavy atom. The zero-order valence-electron chi connectivity index (χ0n) is 8.21. The van der Waals surface area contributed by atoms with Crippen LogP contribution in [0.3, 0.4) is 0 Å². The number of hydrogen-bond donors (Lipinski definition) is 1. The summed E-state index contributed by atoms with van der Waals surface area (Å²) in [5.41, 5.74) is -2.70. The van der Waals surface area contributed by atoms with Gasteiger partial charge in [0, 0.05) is 5.56 Å². The van der Waals surface area contributed by atoms with E-state index in [1.165, 1.54) is 0 Å². The Labute approximate surface area is 92.7 Å². The van der Waals surface area contributed by atoms with E-state index >= 15 is 0 Å². The largest absolute Gasteiger partial charge is 0.481 e. The summed E-state index contributed by atoms with van der Waals surface area (Å²) in [5, 5.41) is 8.31. The molecule has 0 radical (unpaired) electrons. The molecule has 7 heteroatoms. The molecule has 1 rings (SSSR count). The Morgan fingerprint density at radius 3 is 2.29 bits per heavy atom. The van der Waals surface area contributed by atoms with Crippen LogP contribution in [-0.2, 0) is 11.0 Å². The number of aliphatic carboxylic acids is 1. The van der Waals surface area contributed by atoms with Crippen molar-refractivity contribution in [2.45, 2.75) is 12.6 Å². The average Bonchev–Trinajstić information content (AvgIpc) is 2.14. The van der Waals surface area contributed by atoms with E-state index in [1.807, 2.05) is 0 Å². The van der Waals surface area contributed by atoms with Crippen molar-refractivity contribution < 1.29 is 32.3 Å². The standard InChI is InChI=1S/C10H6F4O3/c11-6-3-1-2-5(7(15)4-8(16)17)9(6)10(12,13)14/h1-3H,4H2,(H,16,17). The van der Waals surface area contributed by atoms with Gasteiger partial charge in [-0.2, -0.15) is 13.2 Å². The van der Waals surface area contributed by atoms with E-state index in [-0.39, 0.29) is 0 Å². The smallest absolute Gasteiger partial charge is 0.419 e. The fraction of sp³-hybridized carbons (Fsp3) is 0.200. The van der Waals surface area contributed by atoms with Crippen molar-refractivity contribution in [1.82, 2.24) is 0 Å². The van der Waals surface area contributed by atoms with Crippen LogP contribution in [0.4, 0.5) is 17.6 Å². The molecular weight excluding hydrogens is 244 g/mol. The predicted molar refractivity (Wildman–Crippen MR) is 48.0 cm³/mol.